The van der Waals surface area contributed by atoms with Crippen LogP contribution in [0.4, 0.5) is 0 Å². The van der Waals surface area contributed by atoms with E-state index in [1.807, 2.05) is 17.0 Å². The van der Waals surface area contributed by atoms with Crippen LogP contribution in [0.15, 0.2) is 36.8 Å². The summed E-state index contributed by atoms with van der Waals surface area (Å²) in [6.45, 7) is 2.79. The number of carbonyl (C=O) groups excluding carboxylic acids is 1. The minimum Gasteiger partial charge on any atom is -0.492 e. The third-order valence-corrected chi connectivity index (χ3v) is 5.16. The van der Waals surface area contributed by atoms with Gasteiger partial charge in [0.15, 0.2) is 0 Å². The Bertz CT molecular complexity index is 733. The lowest BCUT2D eigenvalue weighted by Crippen LogP contribution is -2.32. The maximum absolute atomic E-state index is 12.6. The molecule has 2 aliphatic rings. The maximum Gasteiger partial charge on any atom is 0.272 e. The normalized spacial score (nSPS) is 25.2. The van der Waals surface area contributed by atoms with Gasteiger partial charge in [0.2, 0.25) is 0 Å². The molecule has 2 aliphatic heterocycles. The number of amides is 1. The van der Waals surface area contributed by atoms with E-state index in [0.717, 1.165) is 25.3 Å². The van der Waals surface area contributed by atoms with E-state index in [0.29, 0.717) is 30.7 Å². The molecule has 0 radical (unpaired) electrons. The first-order chi connectivity index (χ1) is 12.2. The van der Waals surface area contributed by atoms with Gasteiger partial charge in [0.1, 0.15) is 11.4 Å². The van der Waals surface area contributed by atoms with Crippen molar-refractivity contribution in [3.8, 4) is 5.75 Å². The summed E-state index contributed by atoms with van der Waals surface area (Å²) in [4.78, 5) is 18.6. The van der Waals surface area contributed by atoms with E-state index < -0.39 is 0 Å². The molecule has 2 saturated heterocycles. The molecule has 132 valence electrons. The molecule has 7 heteroatoms. The summed E-state index contributed by atoms with van der Waals surface area (Å²) in [6.07, 6.45) is 6.16. The summed E-state index contributed by atoms with van der Waals surface area (Å²) in [5.41, 5.74) is 0.622. The number of likely N-dealkylation sites (tertiary alicyclic amines) is 1. The van der Waals surface area contributed by atoms with Crippen molar-refractivity contribution in [2.45, 2.75) is 12.5 Å². The van der Waals surface area contributed by atoms with Crippen molar-refractivity contribution in [3.05, 3.63) is 42.5 Å². The second-order valence-corrected chi connectivity index (χ2v) is 6.67. The Balaban J connectivity index is 1.32. The fourth-order valence-electron chi connectivity index (χ4n) is 3.77. The topological polar surface area (TPSA) is 69.5 Å². The van der Waals surface area contributed by atoms with Gasteiger partial charge < -0.3 is 14.4 Å². The highest BCUT2D eigenvalue weighted by molar-refractivity contribution is 5.92. The monoisotopic (exact) mass is 342 g/mol. The number of pyridine rings is 1. The van der Waals surface area contributed by atoms with Crippen LogP contribution < -0.4 is 4.74 Å². The van der Waals surface area contributed by atoms with Crippen molar-refractivity contribution in [2.24, 2.45) is 18.9 Å². The Hall–Kier alpha value is -2.41. The van der Waals surface area contributed by atoms with Gasteiger partial charge in [0, 0.05) is 38.4 Å². The van der Waals surface area contributed by atoms with Crippen LogP contribution in [0.25, 0.3) is 0 Å². The highest BCUT2D eigenvalue weighted by Gasteiger charge is 2.45. The molecular weight excluding hydrogens is 320 g/mol. The van der Waals surface area contributed by atoms with E-state index >= 15 is 0 Å². The minimum absolute atomic E-state index is 0.0309. The number of hydrogen-bond acceptors (Lipinski definition) is 5. The summed E-state index contributed by atoms with van der Waals surface area (Å²) in [7, 11) is 1.79. The number of aromatic nitrogens is 3. The molecule has 0 aromatic carbocycles. The van der Waals surface area contributed by atoms with Gasteiger partial charge in [-0.15, -0.1) is 0 Å². The summed E-state index contributed by atoms with van der Waals surface area (Å²) >= 11 is 0. The molecule has 0 aliphatic carbocycles. The number of aryl methyl sites for hydroxylation is 1. The molecule has 4 rings (SSSR count). The predicted octanol–water partition coefficient (Wildman–Crippen LogP) is 1.37. The third-order valence-electron chi connectivity index (χ3n) is 5.16. The highest BCUT2D eigenvalue weighted by Crippen LogP contribution is 2.36. The molecule has 1 amide bonds. The number of nitrogens with zero attached hydrogens (tertiary/aromatic N) is 4. The van der Waals surface area contributed by atoms with Crippen molar-refractivity contribution >= 4 is 5.91 Å². The fraction of sp³-hybridized carbons (Fsp3) is 0.500. The van der Waals surface area contributed by atoms with Crippen molar-refractivity contribution in [3.63, 3.8) is 0 Å². The van der Waals surface area contributed by atoms with Gasteiger partial charge in [0.25, 0.3) is 5.91 Å². The van der Waals surface area contributed by atoms with Crippen molar-refractivity contribution in [1.82, 2.24) is 19.7 Å². The first kappa shape index (κ1) is 16.1. The van der Waals surface area contributed by atoms with Gasteiger partial charge in [0.05, 0.1) is 25.5 Å². The average Bonchev–Trinajstić information content (AvgIpc) is 3.32. The van der Waals surface area contributed by atoms with E-state index in [1.165, 1.54) is 0 Å². The van der Waals surface area contributed by atoms with E-state index in [1.54, 1.807) is 36.4 Å². The first-order valence-electron chi connectivity index (χ1n) is 8.64. The van der Waals surface area contributed by atoms with Crippen LogP contribution in [0, 0.1) is 11.8 Å². The average molecular weight is 342 g/mol. The van der Waals surface area contributed by atoms with E-state index in [9.17, 15) is 4.79 Å². The van der Waals surface area contributed by atoms with E-state index in [2.05, 4.69) is 10.1 Å². The van der Waals surface area contributed by atoms with Crippen LogP contribution in [0.1, 0.15) is 16.9 Å². The second kappa shape index (κ2) is 6.84. The standard InChI is InChI=1S/C18H22N4O3/c1-21-16(4-7-20-21)18(23)22-10-15-13(12-25-17(15)11-22)5-8-24-14-3-2-6-19-9-14/h2-4,6-7,9,13,15,17H,5,8,10-12H2,1H3/t13-,15-,17-/m0/s1. The number of carbonyl (C=O) groups is 1. The van der Waals surface area contributed by atoms with Gasteiger partial charge in [-0.1, -0.05) is 0 Å². The molecule has 2 aromatic rings. The molecule has 2 fully saturated rings. The molecule has 2 aromatic heterocycles. The lowest BCUT2D eigenvalue weighted by atomic mass is 9.91. The summed E-state index contributed by atoms with van der Waals surface area (Å²) in [5.74, 6) is 1.63. The molecule has 25 heavy (non-hydrogen) atoms. The SMILES string of the molecule is Cn1nccc1C(=O)N1C[C@H]2[C@@H](CCOc3cccnc3)CO[C@H]2C1. The van der Waals surface area contributed by atoms with Crippen molar-refractivity contribution < 1.29 is 14.3 Å². The van der Waals surface area contributed by atoms with E-state index in [-0.39, 0.29) is 12.0 Å². The van der Waals surface area contributed by atoms with Crippen LogP contribution in [0.2, 0.25) is 0 Å². The van der Waals surface area contributed by atoms with Crippen molar-refractivity contribution in [2.75, 3.05) is 26.3 Å². The largest absolute Gasteiger partial charge is 0.492 e. The summed E-state index contributed by atoms with van der Waals surface area (Å²) in [5, 5.41) is 4.08. The number of ether oxygens (including phenoxy) is 2. The molecule has 0 N–H and O–H groups in total. The molecule has 0 bridgehead atoms. The molecule has 0 spiro atoms. The molecule has 7 nitrogen and oxygen atoms in total. The smallest absolute Gasteiger partial charge is 0.272 e. The second-order valence-electron chi connectivity index (χ2n) is 6.67. The molecular formula is C18H22N4O3. The Morgan fingerprint density at radius 2 is 2.28 bits per heavy atom. The Labute approximate surface area is 146 Å². The predicted molar refractivity (Wildman–Crippen MR) is 90.2 cm³/mol. The van der Waals surface area contributed by atoms with Crippen LogP contribution in [-0.4, -0.2) is 58.0 Å². The maximum atomic E-state index is 12.6. The van der Waals surface area contributed by atoms with Crippen LogP contribution >= 0.6 is 0 Å². The zero-order valence-corrected chi connectivity index (χ0v) is 14.2. The highest BCUT2D eigenvalue weighted by atomic mass is 16.5. The van der Waals surface area contributed by atoms with Crippen LogP contribution in [0.3, 0.4) is 0 Å². The Morgan fingerprint density at radius 1 is 1.36 bits per heavy atom. The molecule has 0 unspecified atom stereocenters. The summed E-state index contributed by atoms with van der Waals surface area (Å²) in [6, 6.07) is 5.53. The van der Waals surface area contributed by atoms with Crippen LogP contribution in [0.5, 0.6) is 5.75 Å². The third kappa shape index (κ3) is 3.24. The van der Waals surface area contributed by atoms with E-state index in [4.69, 9.17) is 9.47 Å². The van der Waals surface area contributed by atoms with Crippen molar-refractivity contribution in [1.29, 1.82) is 0 Å². The zero-order valence-electron chi connectivity index (χ0n) is 14.2. The van der Waals surface area contributed by atoms with Crippen LogP contribution in [-0.2, 0) is 11.8 Å². The van der Waals surface area contributed by atoms with Gasteiger partial charge in [-0.25, -0.2) is 0 Å². The molecule has 3 atom stereocenters. The first-order valence-corrected chi connectivity index (χ1v) is 8.64. The number of rotatable bonds is 5. The quantitative estimate of drug-likeness (QED) is 0.821. The Morgan fingerprint density at radius 3 is 3.04 bits per heavy atom. The fourth-order valence-corrected chi connectivity index (χ4v) is 3.77. The minimum atomic E-state index is 0.0309. The molecule has 0 saturated carbocycles. The number of fused-ring (bicyclic) bond motifs is 1. The van der Waals surface area contributed by atoms with Gasteiger partial charge in [-0.3, -0.25) is 14.5 Å². The van der Waals surface area contributed by atoms with Gasteiger partial charge >= 0.3 is 0 Å². The van der Waals surface area contributed by atoms with Gasteiger partial charge in [-0.05, 0) is 30.5 Å². The van der Waals surface area contributed by atoms with Gasteiger partial charge in [-0.2, -0.15) is 5.10 Å². The lowest BCUT2D eigenvalue weighted by molar-refractivity contribution is 0.0663. The lowest BCUT2D eigenvalue weighted by Gasteiger charge is -2.20. The number of hydrogen-bond donors (Lipinski definition) is 0. The Kier molecular flexibility index (Phi) is 4.40. The zero-order chi connectivity index (χ0) is 17.2. The summed E-state index contributed by atoms with van der Waals surface area (Å²) < 4.78 is 13.3. The molecule has 4 heterocycles.